The molecule has 2 nitrogen and oxygen atoms in total. The summed E-state index contributed by atoms with van der Waals surface area (Å²) in [5, 5.41) is 0. The zero-order valence-corrected chi connectivity index (χ0v) is 11.9. The van der Waals surface area contributed by atoms with E-state index in [4.69, 9.17) is 0 Å². The van der Waals surface area contributed by atoms with Crippen LogP contribution in [0.2, 0.25) is 0 Å². The van der Waals surface area contributed by atoms with Crippen LogP contribution in [0.3, 0.4) is 0 Å². The summed E-state index contributed by atoms with van der Waals surface area (Å²) in [4.78, 5) is 4.36. The van der Waals surface area contributed by atoms with Crippen LogP contribution in [-0.2, 0) is 12.6 Å². The van der Waals surface area contributed by atoms with Gasteiger partial charge in [0.2, 0.25) is 0 Å². The largest absolute Gasteiger partial charge is 0.418 e. The first-order valence-corrected chi connectivity index (χ1v) is 7.13. The summed E-state index contributed by atoms with van der Waals surface area (Å²) in [5.41, 5.74) is 3.43. The highest BCUT2D eigenvalue weighted by atomic mass is 19.4. The summed E-state index contributed by atoms with van der Waals surface area (Å²) in [6, 6.07) is 4.54. The van der Waals surface area contributed by atoms with Crippen molar-refractivity contribution in [2.75, 3.05) is 0 Å². The number of halogens is 3. The van der Waals surface area contributed by atoms with E-state index in [1.807, 2.05) is 12.1 Å². The van der Waals surface area contributed by atoms with Gasteiger partial charge in [-0.2, -0.15) is 13.2 Å². The number of hydrogen-bond acceptors (Lipinski definition) is 1. The summed E-state index contributed by atoms with van der Waals surface area (Å²) < 4.78 is 42.0. The summed E-state index contributed by atoms with van der Waals surface area (Å²) >= 11 is 0. The van der Waals surface area contributed by atoms with Crippen molar-refractivity contribution < 1.29 is 13.2 Å². The number of fused-ring (bicyclic) bond motifs is 2. The first kappa shape index (κ1) is 13.4. The number of aryl methyl sites for hydroxylation is 2. The summed E-state index contributed by atoms with van der Waals surface area (Å²) in [6.45, 7) is 1.79. The molecule has 5 heteroatoms. The molecular formula is C17H13F3N2. The lowest BCUT2D eigenvalue weighted by Gasteiger charge is -2.19. The molecule has 0 amide bonds. The molecule has 1 aromatic carbocycles. The van der Waals surface area contributed by atoms with E-state index in [1.165, 1.54) is 6.07 Å². The van der Waals surface area contributed by atoms with Crippen LogP contribution in [-0.4, -0.2) is 10.8 Å². The van der Waals surface area contributed by atoms with E-state index < -0.39 is 11.7 Å². The van der Waals surface area contributed by atoms with Gasteiger partial charge in [-0.25, -0.2) is 0 Å². The van der Waals surface area contributed by atoms with Gasteiger partial charge in [0, 0.05) is 18.0 Å². The van der Waals surface area contributed by atoms with E-state index in [0.29, 0.717) is 5.69 Å². The lowest BCUT2D eigenvalue weighted by molar-refractivity contribution is -0.137. The third kappa shape index (κ3) is 1.78. The zero-order valence-electron chi connectivity index (χ0n) is 11.9. The number of alkyl halides is 3. The predicted molar refractivity (Wildman–Crippen MR) is 80.0 cm³/mol. The molecule has 1 aliphatic heterocycles. The number of rotatable bonds is 0. The van der Waals surface area contributed by atoms with E-state index in [9.17, 15) is 13.2 Å². The number of aliphatic imine (C=N–C) groups is 1. The molecule has 0 atom stereocenters. The summed E-state index contributed by atoms with van der Waals surface area (Å²) in [5.74, 6) is 0. The molecule has 2 aliphatic rings. The smallest absolute Gasteiger partial charge is 0.314 e. The minimum atomic E-state index is -4.41. The average Bonchev–Trinajstić information content (AvgIpc) is 2.80. The van der Waals surface area contributed by atoms with E-state index >= 15 is 0 Å². The fourth-order valence-corrected chi connectivity index (χ4v) is 3.23. The molecule has 1 aromatic heterocycles. The molecular weight excluding hydrogens is 289 g/mol. The Bertz CT molecular complexity index is 838. The lowest BCUT2D eigenvalue weighted by Crippen LogP contribution is -2.12. The van der Waals surface area contributed by atoms with E-state index in [1.54, 1.807) is 23.9 Å². The quantitative estimate of drug-likeness (QED) is 0.662. The third-order valence-corrected chi connectivity index (χ3v) is 4.25. The van der Waals surface area contributed by atoms with Crippen LogP contribution in [0.15, 0.2) is 35.5 Å². The van der Waals surface area contributed by atoms with E-state index in [-0.39, 0.29) is 5.69 Å². The van der Waals surface area contributed by atoms with Gasteiger partial charge in [0.1, 0.15) is 0 Å². The SMILES string of the molecule is Cc1ccc(C(F)(F)F)c2c1N=CC1=CCCc3ccn-2c31. The topological polar surface area (TPSA) is 17.3 Å². The monoisotopic (exact) mass is 302 g/mol. The highest BCUT2D eigenvalue weighted by Gasteiger charge is 2.37. The molecule has 0 fully saturated rings. The molecule has 0 bridgehead atoms. The summed E-state index contributed by atoms with van der Waals surface area (Å²) in [7, 11) is 0. The fourth-order valence-electron chi connectivity index (χ4n) is 3.23. The van der Waals surface area contributed by atoms with Crippen LogP contribution in [0.1, 0.15) is 28.8 Å². The third-order valence-electron chi connectivity index (χ3n) is 4.25. The molecule has 0 saturated heterocycles. The van der Waals surface area contributed by atoms with Crippen molar-refractivity contribution in [1.82, 2.24) is 4.57 Å². The number of nitrogens with zero attached hydrogens (tertiary/aromatic N) is 2. The molecule has 0 radical (unpaired) electrons. The molecule has 112 valence electrons. The van der Waals surface area contributed by atoms with Crippen molar-refractivity contribution in [3.05, 3.63) is 52.9 Å². The van der Waals surface area contributed by atoms with Crippen molar-refractivity contribution in [3.63, 3.8) is 0 Å². The van der Waals surface area contributed by atoms with E-state index in [2.05, 4.69) is 4.99 Å². The Balaban J connectivity index is 2.13. The van der Waals surface area contributed by atoms with Gasteiger partial charge in [-0.15, -0.1) is 0 Å². The summed E-state index contributed by atoms with van der Waals surface area (Å²) in [6.07, 6.45) is 2.78. The molecule has 0 spiro atoms. The second-order valence-electron chi connectivity index (χ2n) is 5.64. The number of aromatic nitrogens is 1. The van der Waals surface area contributed by atoms with E-state index in [0.717, 1.165) is 41.3 Å². The highest BCUT2D eigenvalue weighted by molar-refractivity contribution is 6.12. The fraction of sp³-hybridized carbons (Fsp3) is 0.235. The van der Waals surface area contributed by atoms with Gasteiger partial charge in [-0.05, 0) is 43.0 Å². The zero-order chi connectivity index (χ0) is 15.5. The number of benzene rings is 1. The molecule has 0 unspecified atom stereocenters. The Morgan fingerprint density at radius 3 is 2.77 bits per heavy atom. The first-order chi connectivity index (χ1) is 10.5. The molecule has 0 N–H and O–H groups in total. The maximum atomic E-state index is 13.5. The second-order valence-corrected chi connectivity index (χ2v) is 5.64. The Kier molecular flexibility index (Phi) is 2.64. The molecule has 2 heterocycles. The van der Waals surface area contributed by atoms with Gasteiger partial charge in [0.05, 0.1) is 22.6 Å². The normalized spacial score (nSPS) is 15.9. The van der Waals surface area contributed by atoms with Crippen molar-refractivity contribution in [3.8, 4) is 5.69 Å². The van der Waals surface area contributed by atoms with Crippen LogP contribution in [0.25, 0.3) is 11.3 Å². The Hall–Kier alpha value is -2.30. The molecule has 1 aliphatic carbocycles. The van der Waals surface area contributed by atoms with Crippen molar-refractivity contribution in [2.45, 2.75) is 25.9 Å². The minimum Gasteiger partial charge on any atom is -0.314 e. The lowest BCUT2D eigenvalue weighted by atomic mass is 9.98. The van der Waals surface area contributed by atoms with Gasteiger partial charge in [0.25, 0.3) is 0 Å². The van der Waals surface area contributed by atoms with Gasteiger partial charge in [0.15, 0.2) is 0 Å². The maximum absolute atomic E-state index is 13.5. The molecule has 4 rings (SSSR count). The maximum Gasteiger partial charge on any atom is 0.418 e. The van der Waals surface area contributed by atoms with Gasteiger partial charge >= 0.3 is 6.18 Å². The second kappa shape index (κ2) is 4.35. The highest BCUT2D eigenvalue weighted by Crippen LogP contribution is 2.44. The van der Waals surface area contributed by atoms with Crippen molar-refractivity contribution >= 4 is 17.5 Å². The van der Waals surface area contributed by atoms with Crippen molar-refractivity contribution in [2.24, 2.45) is 4.99 Å². The molecule has 2 aromatic rings. The number of hydrogen-bond donors (Lipinski definition) is 0. The van der Waals surface area contributed by atoms with Gasteiger partial charge in [-0.3, -0.25) is 4.99 Å². The van der Waals surface area contributed by atoms with Crippen LogP contribution < -0.4 is 0 Å². The molecule has 0 saturated carbocycles. The van der Waals surface area contributed by atoms with Crippen molar-refractivity contribution in [1.29, 1.82) is 0 Å². The van der Waals surface area contributed by atoms with Crippen LogP contribution in [0.4, 0.5) is 18.9 Å². The number of allylic oxidation sites excluding steroid dienone is 2. The average molecular weight is 302 g/mol. The first-order valence-electron chi connectivity index (χ1n) is 7.13. The standard InChI is InChI=1S/C17H13F3N2/c1-10-5-6-13(17(18,19)20)16-14(10)21-9-12-4-2-3-11-7-8-22(16)15(11)12/h4-9H,2-3H2,1H3. The predicted octanol–water partition coefficient (Wildman–Crippen LogP) is 4.85. The van der Waals surface area contributed by atoms with Gasteiger partial charge in [-0.1, -0.05) is 12.1 Å². The van der Waals surface area contributed by atoms with Crippen LogP contribution >= 0.6 is 0 Å². The minimum absolute atomic E-state index is 0.135. The van der Waals surface area contributed by atoms with Crippen LogP contribution in [0, 0.1) is 6.92 Å². The van der Waals surface area contributed by atoms with Crippen LogP contribution in [0.5, 0.6) is 0 Å². The molecule has 22 heavy (non-hydrogen) atoms. The Morgan fingerprint density at radius 2 is 2.00 bits per heavy atom. The van der Waals surface area contributed by atoms with Gasteiger partial charge < -0.3 is 4.57 Å². The Morgan fingerprint density at radius 1 is 1.18 bits per heavy atom. The Labute approximate surface area is 125 Å².